The summed E-state index contributed by atoms with van der Waals surface area (Å²) in [6.45, 7) is 4.88. The zero-order valence-corrected chi connectivity index (χ0v) is 12.5. The van der Waals surface area contributed by atoms with E-state index in [1.165, 1.54) is 0 Å². The van der Waals surface area contributed by atoms with Crippen LogP contribution < -0.4 is 0 Å². The van der Waals surface area contributed by atoms with Gasteiger partial charge in [0, 0.05) is 12.8 Å². The quantitative estimate of drug-likeness (QED) is 0.265. The van der Waals surface area contributed by atoms with Crippen LogP contribution in [-0.2, 0) is 33.3 Å². The van der Waals surface area contributed by atoms with E-state index in [9.17, 15) is 9.59 Å². The van der Waals surface area contributed by atoms with Crippen molar-refractivity contribution >= 4 is 12.6 Å². The molecule has 0 unspecified atom stereocenters. The summed E-state index contributed by atoms with van der Waals surface area (Å²) in [5.74, 6) is 0. The Balaban J connectivity index is 2.93. The average Bonchev–Trinajstić information content (AvgIpc) is 2.50. The van der Waals surface area contributed by atoms with Gasteiger partial charge in [-0.1, -0.05) is 0 Å². The SMILES string of the molecule is O=CCCOCCOCCOCCOCCOCCC=O. The first kappa shape index (κ1) is 20.1. The van der Waals surface area contributed by atoms with E-state index in [0.29, 0.717) is 78.9 Å². The number of aldehydes is 2. The highest BCUT2D eigenvalue weighted by molar-refractivity contribution is 5.49. The lowest BCUT2D eigenvalue weighted by atomic mass is 10.5. The number of hydrogen-bond donors (Lipinski definition) is 0. The normalized spacial score (nSPS) is 10.7. The molecular weight excluding hydrogens is 280 g/mol. The molecule has 7 nitrogen and oxygen atoms in total. The molecule has 0 N–H and O–H groups in total. The summed E-state index contributed by atoms with van der Waals surface area (Å²) in [6, 6.07) is 0. The van der Waals surface area contributed by atoms with E-state index in [1.807, 2.05) is 0 Å². The Bertz CT molecular complexity index is 201. The standard InChI is InChI=1S/C14H26O7/c15-3-1-5-17-7-9-19-11-13-21-14-12-20-10-8-18-6-2-4-16/h3-4H,1-2,5-14H2. The van der Waals surface area contributed by atoms with Crippen LogP contribution in [0.15, 0.2) is 0 Å². The van der Waals surface area contributed by atoms with Gasteiger partial charge in [-0.3, -0.25) is 0 Å². The van der Waals surface area contributed by atoms with Gasteiger partial charge >= 0.3 is 0 Å². The van der Waals surface area contributed by atoms with Gasteiger partial charge < -0.3 is 33.3 Å². The van der Waals surface area contributed by atoms with Crippen LogP contribution in [0.4, 0.5) is 0 Å². The molecule has 0 aliphatic heterocycles. The van der Waals surface area contributed by atoms with E-state index in [-0.39, 0.29) is 0 Å². The Hall–Kier alpha value is -0.860. The topological polar surface area (TPSA) is 80.3 Å². The second-order valence-corrected chi connectivity index (χ2v) is 3.97. The molecule has 0 aromatic carbocycles. The first-order valence-electron chi connectivity index (χ1n) is 7.17. The maximum absolute atomic E-state index is 10.0. The molecule has 0 aliphatic rings. The molecule has 0 spiro atoms. The van der Waals surface area contributed by atoms with Gasteiger partial charge in [0.05, 0.1) is 66.1 Å². The van der Waals surface area contributed by atoms with Crippen LogP contribution in [0.1, 0.15) is 12.8 Å². The smallest absolute Gasteiger partial charge is 0.122 e. The number of carbonyl (C=O) groups is 2. The molecule has 0 amide bonds. The molecule has 0 radical (unpaired) electrons. The molecule has 0 saturated carbocycles. The summed E-state index contributed by atoms with van der Waals surface area (Å²) >= 11 is 0. The van der Waals surface area contributed by atoms with Crippen molar-refractivity contribution in [3.8, 4) is 0 Å². The highest BCUT2D eigenvalue weighted by atomic mass is 16.6. The van der Waals surface area contributed by atoms with Crippen LogP contribution in [0.3, 0.4) is 0 Å². The van der Waals surface area contributed by atoms with Crippen LogP contribution in [0, 0.1) is 0 Å². The van der Waals surface area contributed by atoms with Crippen LogP contribution in [0.5, 0.6) is 0 Å². The van der Waals surface area contributed by atoms with E-state index in [2.05, 4.69) is 0 Å². The van der Waals surface area contributed by atoms with Crippen molar-refractivity contribution in [2.45, 2.75) is 12.8 Å². The van der Waals surface area contributed by atoms with Gasteiger partial charge in [0.1, 0.15) is 12.6 Å². The highest BCUT2D eigenvalue weighted by Crippen LogP contribution is 1.85. The fourth-order valence-electron chi connectivity index (χ4n) is 1.24. The summed E-state index contributed by atoms with van der Waals surface area (Å²) in [5.41, 5.74) is 0. The number of ether oxygens (including phenoxy) is 5. The van der Waals surface area contributed by atoms with Gasteiger partial charge in [0.25, 0.3) is 0 Å². The predicted molar refractivity (Wildman–Crippen MR) is 75.5 cm³/mol. The fourth-order valence-corrected chi connectivity index (χ4v) is 1.24. The van der Waals surface area contributed by atoms with E-state index in [0.717, 1.165) is 12.6 Å². The fraction of sp³-hybridized carbons (Fsp3) is 0.857. The summed E-state index contributed by atoms with van der Waals surface area (Å²) in [7, 11) is 0. The summed E-state index contributed by atoms with van der Waals surface area (Å²) in [5, 5.41) is 0. The van der Waals surface area contributed by atoms with Gasteiger partial charge in [0.2, 0.25) is 0 Å². The van der Waals surface area contributed by atoms with Crippen molar-refractivity contribution in [1.82, 2.24) is 0 Å². The molecule has 0 aromatic rings. The van der Waals surface area contributed by atoms with Crippen molar-refractivity contribution in [3.05, 3.63) is 0 Å². The maximum atomic E-state index is 10.0. The van der Waals surface area contributed by atoms with Crippen molar-refractivity contribution in [3.63, 3.8) is 0 Å². The molecule has 0 atom stereocenters. The molecule has 0 aliphatic carbocycles. The Morgan fingerprint density at radius 3 is 0.905 bits per heavy atom. The Morgan fingerprint density at radius 1 is 0.429 bits per heavy atom. The minimum Gasteiger partial charge on any atom is -0.379 e. The van der Waals surface area contributed by atoms with Crippen molar-refractivity contribution in [2.75, 3.05) is 66.1 Å². The largest absolute Gasteiger partial charge is 0.379 e. The molecule has 0 saturated heterocycles. The molecular formula is C14H26O7. The van der Waals surface area contributed by atoms with E-state index < -0.39 is 0 Å². The first-order chi connectivity index (χ1) is 10.4. The summed E-state index contributed by atoms with van der Waals surface area (Å²) in [6.07, 6.45) is 2.50. The zero-order valence-electron chi connectivity index (χ0n) is 12.5. The molecule has 0 aromatic heterocycles. The molecule has 0 rings (SSSR count). The monoisotopic (exact) mass is 306 g/mol. The van der Waals surface area contributed by atoms with Crippen LogP contribution in [0.2, 0.25) is 0 Å². The lowest BCUT2D eigenvalue weighted by molar-refractivity contribution is -0.109. The first-order valence-corrected chi connectivity index (χ1v) is 7.17. The second-order valence-electron chi connectivity index (χ2n) is 3.97. The predicted octanol–water partition coefficient (Wildman–Crippen LogP) is 0.247. The number of rotatable bonds is 18. The van der Waals surface area contributed by atoms with Crippen molar-refractivity contribution in [2.24, 2.45) is 0 Å². The van der Waals surface area contributed by atoms with Gasteiger partial charge in [-0.05, 0) is 0 Å². The lowest BCUT2D eigenvalue weighted by Crippen LogP contribution is -2.13. The molecule has 124 valence electrons. The van der Waals surface area contributed by atoms with E-state index in [1.54, 1.807) is 0 Å². The Labute approximate surface area is 125 Å². The van der Waals surface area contributed by atoms with Crippen molar-refractivity contribution in [1.29, 1.82) is 0 Å². The molecule has 0 bridgehead atoms. The van der Waals surface area contributed by atoms with Crippen LogP contribution in [0.25, 0.3) is 0 Å². The second kappa shape index (κ2) is 19.1. The molecule has 21 heavy (non-hydrogen) atoms. The minimum atomic E-state index is 0.422. The Morgan fingerprint density at radius 2 is 0.667 bits per heavy atom. The van der Waals surface area contributed by atoms with Crippen LogP contribution >= 0.6 is 0 Å². The Kier molecular flexibility index (Phi) is 18.4. The maximum Gasteiger partial charge on any atom is 0.122 e. The molecule has 0 fully saturated rings. The van der Waals surface area contributed by atoms with Gasteiger partial charge in [-0.2, -0.15) is 0 Å². The van der Waals surface area contributed by atoms with Crippen molar-refractivity contribution < 1.29 is 33.3 Å². The van der Waals surface area contributed by atoms with Crippen LogP contribution in [-0.4, -0.2) is 78.6 Å². The van der Waals surface area contributed by atoms with Gasteiger partial charge in [-0.15, -0.1) is 0 Å². The van der Waals surface area contributed by atoms with E-state index in [4.69, 9.17) is 23.7 Å². The third-order valence-corrected chi connectivity index (χ3v) is 2.25. The third-order valence-electron chi connectivity index (χ3n) is 2.25. The number of carbonyl (C=O) groups excluding carboxylic acids is 2. The zero-order chi connectivity index (χ0) is 15.4. The third kappa shape index (κ3) is 19.1. The van der Waals surface area contributed by atoms with Gasteiger partial charge in [-0.25, -0.2) is 0 Å². The van der Waals surface area contributed by atoms with E-state index >= 15 is 0 Å². The molecule has 7 heteroatoms. The average molecular weight is 306 g/mol. The highest BCUT2D eigenvalue weighted by Gasteiger charge is 1.93. The molecule has 0 heterocycles. The number of hydrogen-bond acceptors (Lipinski definition) is 7. The van der Waals surface area contributed by atoms with Gasteiger partial charge in [0.15, 0.2) is 0 Å². The summed E-state index contributed by atoms with van der Waals surface area (Å²) in [4.78, 5) is 20.0. The lowest BCUT2D eigenvalue weighted by Gasteiger charge is -2.07. The minimum absolute atomic E-state index is 0.422. The summed E-state index contributed by atoms with van der Waals surface area (Å²) < 4.78 is 26.1.